The van der Waals surface area contributed by atoms with Gasteiger partial charge in [-0.1, -0.05) is 18.2 Å². The highest BCUT2D eigenvalue weighted by Crippen LogP contribution is 2.28. The van der Waals surface area contributed by atoms with Crippen LogP contribution < -0.4 is 9.47 Å². The molecule has 0 unspecified atom stereocenters. The van der Waals surface area contributed by atoms with E-state index in [1.54, 1.807) is 11.0 Å². The number of rotatable bonds is 8. The maximum absolute atomic E-state index is 13.3. The number of hydrogen-bond donors (Lipinski definition) is 0. The molecule has 1 saturated heterocycles. The van der Waals surface area contributed by atoms with Crippen molar-refractivity contribution in [3.8, 4) is 11.5 Å². The highest BCUT2D eigenvalue weighted by atomic mass is 32.2. The Hall–Kier alpha value is -2.58. The fourth-order valence-corrected chi connectivity index (χ4v) is 4.89. The van der Waals surface area contributed by atoms with Gasteiger partial charge in [-0.05, 0) is 50.5 Å². The summed E-state index contributed by atoms with van der Waals surface area (Å²) < 4.78 is 38.8. The number of carbonyl (C=O) groups excluding carboxylic acids is 1. The van der Waals surface area contributed by atoms with Gasteiger partial charge >= 0.3 is 0 Å². The van der Waals surface area contributed by atoms with E-state index in [0.717, 1.165) is 24.8 Å². The van der Waals surface area contributed by atoms with Gasteiger partial charge in [0.2, 0.25) is 10.0 Å². The summed E-state index contributed by atoms with van der Waals surface area (Å²) in [5, 5.41) is 0. The van der Waals surface area contributed by atoms with Crippen molar-refractivity contribution >= 4 is 15.9 Å². The molecule has 0 spiro atoms. The number of piperidine rings is 1. The van der Waals surface area contributed by atoms with Crippen LogP contribution in [0.2, 0.25) is 0 Å². The Bertz CT molecular complexity index is 1020. The van der Waals surface area contributed by atoms with Gasteiger partial charge < -0.3 is 14.4 Å². The number of carbonyl (C=O) groups is 1. The van der Waals surface area contributed by atoms with Gasteiger partial charge in [-0.15, -0.1) is 0 Å². The number of nitrogens with zero attached hydrogens (tertiary/aromatic N) is 2. The first-order valence-corrected chi connectivity index (χ1v) is 12.0. The van der Waals surface area contributed by atoms with E-state index in [1.807, 2.05) is 31.2 Å². The zero-order chi connectivity index (χ0) is 22.4. The summed E-state index contributed by atoms with van der Waals surface area (Å²) >= 11 is 0. The highest BCUT2D eigenvalue weighted by Gasteiger charge is 2.27. The molecule has 0 radical (unpaired) electrons. The maximum atomic E-state index is 13.3. The lowest BCUT2D eigenvalue weighted by Gasteiger charge is -2.27. The number of likely N-dealkylation sites (tertiary alicyclic amines) is 1. The van der Waals surface area contributed by atoms with Crippen LogP contribution in [-0.2, 0) is 16.6 Å². The van der Waals surface area contributed by atoms with Crippen LogP contribution in [0.5, 0.6) is 11.5 Å². The predicted molar refractivity (Wildman–Crippen MR) is 119 cm³/mol. The van der Waals surface area contributed by atoms with Gasteiger partial charge in [-0.25, -0.2) is 8.42 Å². The number of amides is 1. The monoisotopic (exact) mass is 446 g/mol. The average Bonchev–Trinajstić information content (AvgIpc) is 2.80. The molecule has 0 aliphatic carbocycles. The van der Waals surface area contributed by atoms with E-state index in [0.29, 0.717) is 31.2 Å². The molecule has 31 heavy (non-hydrogen) atoms. The van der Waals surface area contributed by atoms with Crippen molar-refractivity contribution < 1.29 is 22.7 Å². The summed E-state index contributed by atoms with van der Waals surface area (Å²) in [6.45, 7) is 3.88. The summed E-state index contributed by atoms with van der Waals surface area (Å²) in [5.41, 5.74) is 1.04. The lowest BCUT2D eigenvalue weighted by atomic mass is 10.1. The lowest BCUT2D eigenvalue weighted by Crippen LogP contribution is -2.36. The molecule has 0 N–H and O–H groups in total. The van der Waals surface area contributed by atoms with Gasteiger partial charge in [0.15, 0.2) is 0 Å². The van der Waals surface area contributed by atoms with Crippen LogP contribution >= 0.6 is 0 Å². The first-order valence-electron chi connectivity index (χ1n) is 10.5. The molecule has 1 amide bonds. The fourth-order valence-electron chi connectivity index (χ4n) is 3.72. The fraction of sp³-hybridized carbons (Fsp3) is 0.435. The van der Waals surface area contributed by atoms with E-state index in [4.69, 9.17) is 9.47 Å². The molecule has 7 nitrogen and oxygen atoms in total. The Morgan fingerprint density at radius 1 is 1.06 bits per heavy atom. The number of hydrogen-bond acceptors (Lipinski definition) is 5. The van der Waals surface area contributed by atoms with E-state index in [-0.39, 0.29) is 22.9 Å². The van der Waals surface area contributed by atoms with E-state index >= 15 is 0 Å². The van der Waals surface area contributed by atoms with Crippen molar-refractivity contribution in [2.75, 3.05) is 33.9 Å². The summed E-state index contributed by atoms with van der Waals surface area (Å²) in [6.07, 6.45) is 3.01. The standard InChI is InChI=1S/C23H30N2O5S/c1-4-30-21-11-7-6-10-18(21)17-24(2)31(27,28)19-12-13-22(29-3)20(16-19)23(26)25-14-8-5-9-15-25/h6-7,10-13,16H,4-5,8-9,14-15,17H2,1-3H3. The van der Waals surface area contributed by atoms with E-state index in [2.05, 4.69) is 0 Å². The van der Waals surface area contributed by atoms with E-state index < -0.39 is 10.0 Å². The molecule has 1 aliphatic heterocycles. The predicted octanol–water partition coefficient (Wildman–Crippen LogP) is 3.54. The molecule has 0 bridgehead atoms. The lowest BCUT2D eigenvalue weighted by molar-refractivity contribution is 0.0720. The largest absolute Gasteiger partial charge is 0.496 e. The van der Waals surface area contributed by atoms with Crippen LogP contribution in [0.3, 0.4) is 0 Å². The molecule has 1 heterocycles. The number of methoxy groups -OCH3 is 1. The minimum absolute atomic E-state index is 0.0602. The zero-order valence-corrected chi connectivity index (χ0v) is 19.2. The van der Waals surface area contributed by atoms with Gasteiger partial charge in [0.25, 0.3) is 5.91 Å². The van der Waals surface area contributed by atoms with Crippen molar-refractivity contribution in [3.63, 3.8) is 0 Å². The summed E-state index contributed by atoms with van der Waals surface area (Å²) in [6, 6.07) is 11.8. The second kappa shape index (κ2) is 10.2. The average molecular weight is 447 g/mol. The SMILES string of the molecule is CCOc1ccccc1CN(C)S(=O)(=O)c1ccc(OC)c(C(=O)N2CCCCC2)c1. The second-order valence-electron chi connectivity index (χ2n) is 7.52. The van der Waals surface area contributed by atoms with Gasteiger partial charge in [0.1, 0.15) is 11.5 Å². The zero-order valence-electron chi connectivity index (χ0n) is 18.3. The maximum Gasteiger partial charge on any atom is 0.257 e. The van der Waals surface area contributed by atoms with Gasteiger partial charge in [0.05, 0.1) is 24.2 Å². The topological polar surface area (TPSA) is 76.1 Å². The Morgan fingerprint density at radius 3 is 2.45 bits per heavy atom. The van der Waals surface area contributed by atoms with Gasteiger partial charge in [-0.3, -0.25) is 4.79 Å². The van der Waals surface area contributed by atoms with Gasteiger partial charge in [-0.2, -0.15) is 4.31 Å². The number of ether oxygens (including phenoxy) is 2. The summed E-state index contributed by atoms with van der Waals surface area (Å²) in [7, 11) is -0.827. The summed E-state index contributed by atoms with van der Waals surface area (Å²) in [4.78, 5) is 14.9. The van der Waals surface area contributed by atoms with Crippen LogP contribution in [0.1, 0.15) is 42.1 Å². The second-order valence-corrected chi connectivity index (χ2v) is 9.56. The van der Waals surface area contributed by atoms with Gasteiger partial charge in [0, 0.05) is 32.2 Å². The molecule has 1 aliphatic rings. The third-order valence-electron chi connectivity index (χ3n) is 5.42. The molecule has 0 atom stereocenters. The molecule has 0 saturated carbocycles. The number of sulfonamides is 1. The third-order valence-corrected chi connectivity index (χ3v) is 7.22. The molecule has 8 heteroatoms. The Morgan fingerprint density at radius 2 is 1.77 bits per heavy atom. The third kappa shape index (κ3) is 5.19. The normalized spacial score (nSPS) is 14.5. The first-order chi connectivity index (χ1) is 14.9. The molecule has 0 aromatic heterocycles. The highest BCUT2D eigenvalue weighted by molar-refractivity contribution is 7.89. The van der Waals surface area contributed by atoms with Crippen molar-refractivity contribution in [1.82, 2.24) is 9.21 Å². The van der Waals surface area contributed by atoms with Crippen molar-refractivity contribution in [3.05, 3.63) is 53.6 Å². The molecule has 2 aromatic carbocycles. The quantitative estimate of drug-likeness (QED) is 0.620. The molecular formula is C23H30N2O5S. The minimum atomic E-state index is -3.83. The first kappa shape index (κ1) is 23.1. The number of para-hydroxylation sites is 1. The van der Waals surface area contributed by atoms with E-state index in [9.17, 15) is 13.2 Å². The Labute approximate surface area is 184 Å². The van der Waals surface area contributed by atoms with Crippen LogP contribution in [0, 0.1) is 0 Å². The Kier molecular flexibility index (Phi) is 7.56. The molecule has 3 rings (SSSR count). The summed E-state index contributed by atoms with van der Waals surface area (Å²) in [5.74, 6) is 0.833. The van der Waals surface area contributed by atoms with Crippen LogP contribution in [0.15, 0.2) is 47.4 Å². The van der Waals surface area contributed by atoms with E-state index in [1.165, 1.54) is 30.6 Å². The molecule has 1 fully saturated rings. The minimum Gasteiger partial charge on any atom is -0.496 e. The van der Waals surface area contributed by atoms with Crippen LogP contribution in [-0.4, -0.2) is 57.4 Å². The smallest absolute Gasteiger partial charge is 0.257 e. The van der Waals surface area contributed by atoms with Crippen molar-refractivity contribution in [1.29, 1.82) is 0 Å². The molecule has 168 valence electrons. The van der Waals surface area contributed by atoms with Crippen molar-refractivity contribution in [2.45, 2.75) is 37.6 Å². The van der Waals surface area contributed by atoms with Crippen LogP contribution in [0.4, 0.5) is 0 Å². The Balaban J connectivity index is 1.89. The molecule has 2 aromatic rings. The van der Waals surface area contributed by atoms with Crippen molar-refractivity contribution in [2.24, 2.45) is 0 Å². The van der Waals surface area contributed by atoms with Crippen LogP contribution in [0.25, 0.3) is 0 Å². The number of benzene rings is 2. The molecular weight excluding hydrogens is 416 g/mol.